The zero-order valence-corrected chi connectivity index (χ0v) is 25.3. The largest absolute Gasteiger partial charge is 0.394 e. The lowest BCUT2D eigenvalue weighted by molar-refractivity contribution is -0.375. The summed E-state index contributed by atoms with van der Waals surface area (Å²) in [5.74, 6) is -0.716. The molecule has 47 heavy (non-hydrogen) atoms. The van der Waals surface area contributed by atoms with Crippen LogP contribution in [0.4, 0.5) is 0 Å². The summed E-state index contributed by atoms with van der Waals surface area (Å²) in [4.78, 5) is 12.4. The summed E-state index contributed by atoms with van der Waals surface area (Å²) in [6.45, 7) is 0.111. The Kier molecular flexibility index (Phi) is 13.2. The van der Waals surface area contributed by atoms with Gasteiger partial charge in [0.25, 0.3) is 0 Å². The first kappa shape index (κ1) is 38.5. The van der Waals surface area contributed by atoms with Gasteiger partial charge in [0.15, 0.2) is 25.2 Å². The second-order valence-corrected chi connectivity index (χ2v) is 11.9. The summed E-state index contributed by atoms with van der Waals surface area (Å²) >= 11 is 0. The maximum absolute atomic E-state index is 12.4. The third-order valence-electron chi connectivity index (χ3n) is 8.55. The molecule has 0 aromatic heterocycles. The predicted molar refractivity (Wildman–Crippen MR) is 144 cm³/mol. The van der Waals surface area contributed by atoms with E-state index in [9.17, 15) is 66.1 Å². The van der Waals surface area contributed by atoms with E-state index in [0.717, 1.165) is 6.92 Å². The molecule has 0 spiro atoms. The summed E-state index contributed by atoms with van der Waals surface area (Å²) in [5, 5.41) is 125. The van der Waals surface area contributed by atoms with Crippen LogP contribution in [-0.4, -0.2) is 210 Å². The van der Waals surface area contributed by atoms with Crippen molar-refractivity contribution in [1.29, 1.82) is 0 Å². The molecule has 4 saturated heterocycles. The number of carbonyl (C=O) groups excluding carboxylic acids is 1. The maximum atomic E-state index is 12.4. The van der Waals surface area contributed by atoms with E-state index in [0.29, 0.717) is 0 Å². The highest BCUT2D eigenvalue weighted by molar-refractivity contribution is 5.73. The standard InChI is InChI=1S/C26H45NO20/c1-6-12(31)15(34)19(38)25(42-6)47-22-11(27-7(2)30)24(41-5-10-14(33)16(35)18(37)23(40)43-10)45-9(4-29)21(22)46-26-20(39)17(36)13(32)8(3-28)44-26/h6,8-26,28-29,31-40H,3-5H2,1-2H3,(H,27,30)/t6-,8-,9-,10-,11-,12-,13+,14-,15-,16+,17+,18+,19+,20-,21-,22-,23?,24-,25+,26+/m1/s1. The lowest BCUT2D eigenvalue weighted by Gasteiger charge is -2.50. The second-order valence-electron chi connectivity index (χ2n) is 11.9. The number of aliphatic hydroxyl groups is 12. The number of hydrogen-bond donors (Lipinski definition) is 13. The summed E-state index contributed by atoms with van der Waals surface area (Å²) in [6.07, 6.45) is -32.0. The van der Waals surface area contributed by atoms with Crippen LogP contribution >= 0.6 is 0 Å². The summed E-state index contributed by atoms with van der Waals surface area (Å²) < 4.78 is 39.6. The van der Waals surface area contributed by atoms with Gasteiger partial charge in [0.1, 0.15) is 91.5 Å². The minimum absolute atomic E-state index is 0.656. The molecule has 0 radical (unpaired) electrons. The highest BCUT2D eigenvalue weighted by Crippen LogP contribution is 2.34. The SMILES string of the molecule is CC(=O)N[C@H]1[C@H](OC[C@H]2OC(O)[C@@H](O)[C@@H](O)[C@@H]2O)O[C@H](CO)[C@@H](O[C@@H]2O[C@H](CO)[C@H](O)[C@H](O)[C@H]2O)[C@@H]1O[C@@H]1O[C@H](C)[C@@H](O)[C@@H](O)[C@@H]1O. The minimum atomic E-state index is -1.94. The first-order chi connectivity index (χ1) is 22.1. The van der Waals surface area contributed by atoms with Crippen LogP contribution in [-0.2, 0) is 38.0 Å². The van der Waals surface area contributed by atoms with Gasteiger partial charge in [-0.2, -0.15) is 0 Å². The van der Waals surface area contributed by atoms with E-state index < -0.39 is 148 Å². The molecule has 4 rings (SSSR count). The van der Waals surface area contributed by atoms with Crippen LogP contribution in [0.1, 0.15) is 13.8 Å². The molecule has 0 aliphatic carbocycles. The van der Waals surface area contributed by atoms with Gasteiger partial charge in [-0.25, -0.2) is 0 Å². The number of amides is 1. The molecule has 0 saturated carbocycles. The van der Waals surface area contributed by atoms with Crippen LogP contribution < -0.4 is 5.32 Å². The zero-order valence-electron chi connectivity index (χ0n) is 25.3. The number of nitrogens with one attached hydrogen (secondary N) is 1. The molecule has 20 atom stereocenters. The van der Waals surface area contributed by atoms with Crippen LogP contribution in [0.5, 0.6) is 0 Å². The maximum Gasteiger partial charge on any atom is 0.217 e. The molecular weight excluding hydrogens is 646 g/mol. The van der Waals surface area contributed by atoms with Gasteiger partial charge < -0.3 is 99.8 Å². The van der Waals surface area contributed by atoms with Crippen LogP contribution in [0, 0.1) is 0 Å². The van der Waals surface area contributed by atoms with Crippen molar-refractivity contribution in [2.45, 2.75) is 137 Å². The van der Waals surface area contributed by atoms with Gasteiger partial charge in [-0.05, 0) is 6.92 Å². The quantitative estimate of drug-likeness (QED) is 0.101. The van der Waals surface area contributed by atoms with E-state index in [4.69, 9.17) is 33.2 Å². The van der Waals surface area contributed by atoms with E-state index in [1.54, 1.807) is 0 Å². The monoisotopic (exact) mass is 691 g/mol. The van der Waals surface area contributed by atoms with Crippen molar-refractivity contribution in [3.63, 3.8) is 0 Å². The smallest absolute Gasteiger partial charge is 0.217 e. The fourth-order valence-corrected chi connectivity index (χ4v) is 5.78. The van der Waals surface area contributed by atoms with Crippen LogP contribution in [0.25, 0.3) is 0 Å². The molecule has 21 heteroatoms. The molecule has 1 unspecified atom stereocenters. The van der Waals surface area contributed by atoms with E-state index in [1.807, 2.05) is 0 Å². The predicted octanol–water partition coefficient (Wildman–Crippen LogP) is -8.58. The van der Waals surface area contributed by atoms with Crippen molar-refractivity contribution in [3.8, 4) is 0 Å². The summed E-state index contributed by atoms with van der Waals surface area (Å²) in [5.41, 5.74) is 0. The van der Waals surface area contributed by atoms with Crippen molar-refractivity contribution in [2.75, 3.05) is 19.8 Å². The van der Waals surface area contributed by atoms with Gasteiger partial charge in [-0.1, -0.05) is 0 Å². The Bertz CT molecular complexity index is 1010. The molecule has 4 aliphatic heterocycles. The van der Waals surface area contributed by atoms with Gasteiger partial charge in [-0.3, -0.25) is 4.79 Å². The summed E-state index contributed by atoms with van der Waals surface area (Å²) in [7, 11) is 0. The molecule has 13 N–H and O–H groups in total. The molecule has 4 fully saturated rings. The number of hydrogen-bond acceptors (Lipinski definition) is 20. The van der Waals surface area contributed by atoms with Crippen LogP contribution in [0.2, 0.25) is 0 Å². The Labute approximate surface area is 267 Å². The van der Waals surface area contributed by atoms with E-state index in [1.165, 1.54) is 6.92 Å². The van der Waals surface area contributed by atoms with Crippen molar-refractivity contribution >= 4 is 5.91 Å². The van der Waals surface area contributed by atoms with E-state index in [-0.39, 0.29) is 0 Å². The highest BCUT2D eigenvalue weighted by atomic mass is 16.8. The lowest BCUT2D eigenvalue weighted by atomic mass is 9.94. The molecule has 4 aliphatic rings. The fourth-order valence-electron chi connectivity index (χ4n) is 5.78. The first-order valence-electron chi connectivity index (χ1n) is 14.9. The highest BCUT2D eigenvalue weighted by Gasteiger charge is 2.55. The molecule has 0 bridgehead atoms. The van der Waals surface area contributed by atoms with Crippen molar-refractivity contribution in [3.05, 3.63) is 0 Å². The number of rotatable bonds is 10. The van der Waals surface area contributed by atoms with Crippen LogP contribution in [0.15, 0.2) is 0 Å². The second kappa shape index (κ2) is 16.2. The normalized spacial score (nSPS) is 51.0. The van der Waals surface area contributed by atoms with Crippen LogP contribution in [0.3, 0.4) is 0 Å². The molecule has 0 aromatic carbocycles. The number of aliphatic hydroxyl groups excluding tert-OH is 12. The van der Waals surface area contributed by atoms with Crippen molar-refractivity contribution in [2.24, 2.45) is 0 Å². The number of carbonyl (C=O) groups is 1. The Morgan fingerprint density at radius 3 is 1.70 bits per heavy atom. The van der Waals surface area contributed by atoms with Crippen molar-refractivity contribution < 1.29 is 99.2 Å². The third kappa shape index (κ3) is 8.20. The Balaban J connectivity index is 1.66. The topological polar surface area (TPSA) is 336 Å². The van der Waals surface area contributed by atoms with Gasteiger partial charge in [0.05, 0.1) is 25.9 Å². The molecular formula is C26H45NO20. The fraction of sp³-hybridized carbons (Fsp3) is 0.962. The zero-order chi connectivity index (χ0) is 34.9. The van der Waals surface area contributed by atoms with Gasteiger partial charge in [0, 0.05) is 6.92 Å². The molecule has 274 valence electrons. The molecule has 21 nitrogen and oxygen atoms in total. The average Bonchev–Trinajstić information content (AvgIpc) is 3.04. The van der Waals surface area contributed by atoms with Gasteiger partial charge >= 0.3 is 0 Å². The minimum Gasteiger partial charge on any atom is -0.394 e. The third-order valence-corrected chi connectivity index (χ3v) is 8.55. The Morgan fingerprint density at radius 1 is 0.596 bits per heavy atom. The molecule has 4 heterocycles. The van der Waals surface area contributed by atoms with Crippen molar-refractivity contribution in [1.82, 2.24) is 5.32 Å². The number of ether oxygens (including phenoxy) is 7. The molecule has 0 aromatic rings. The lowest BCUT2D eigenvalue weighted by Crippen LogP contribution is -2.70. The van der Waals surface area contributed by atoms with Gasteiger partial charge in [0.2, 0.25) is 5.91 Å². The Morgan fingerprint density at radius 2 is 1.11 bits per heavy atom. The van der Waals surface area contributed by atoms with E-state index >= 15 is 0 Å². The van der Waals surface area contributed by atoms with Gasteiger partial charge in [-0.15, -0.1) is 0 Å². The molecule has 1 amide bonds. The first-order valence-corrected chi connectivity index (χ1v) is 14.9. The van der Waals surface area contributed by atoms with E-state index in [2.05, 4.69) is 5.32 Å². The Hall–Kier alpha value is -1.29. The summed E-state index contributed by atoms with van der Waals surface area (Å²) in [6, 6.07) is -1.50. The average molecular weight is 692 g/mol.